The van der Waals surface area contributed by atoms with Crippen LogP contribution in [0.5, 0.6) is 0 Å². The van der Waals surface area contributed by atoms with Gasteiger partial charge >= 0.3 is 0 Å². The Kier molecular flexibility index (Phi) is 6.16. The van der Waals surface area contributed by atoms with Gasteiger partial charge in [0, 0.05) is 12.5 Å². The molecule has 0 saturated carbocycles. The van der Waals surface area contributed by atoms with E-state index in [1.807, 2.05) is 12.2 Å². The smallest absolute Gasteiger partial charge is 0.220 e. The molecule has 0 bridgehead atoms. The molecule has 0 aromatic heterocycles. The van der Waals surface area contributed by atoms with Gasteiger partial charge in [0.2, 0.25) is 5.91 Å². The maximum Gasteiger partial charge on any atom is 0.220 e. The summed E-state index contributed by atoms with van der Waals surface area (Å²) >= 11 is 0. The Balaban J connectivity index is 2.20. The number of rotatable bonds is 6. The number of aliphatic hydroxyl groups excluding tert-OH is 1. The minimum atomic E-state index is -0.356. The first kappa shape index (κ1) is 13.2. The van der Waals surface area contributed by atoms with Gasteiger partial charge in [0.25, 0.3) is 0 Å². The van der Waals surface area contributed by atoms with E-state index in [-0.39, 0.29) is 18.1 Å². The molecular formula is C13H23NO2. The van der Waals surface area contributed by atoms with Gasteiger partial charge in [0.05, 0.1) is 6.10 Å². The average molecular weight is 225 g/mol. The van der Waals surface area contributed by atoms with Crippen LogP contribution in [0.2, 0.25) is 0 Å². The summed E-state index contributed by atoms with van der Waals surface area (Å²) in [4.78, 5) is 11.1. The van der Waals surface area contributed by atoms with Crippen LogP contribution in [-0.2, 0) is 4.79 Å². The zero-order chi connectivity index (χ0) is 11.8. The van der Waals surface area contributed by atoms with Gasteiger partial charge < -0.3 is 10.4 Å². The molecule has 2 atom stereocenters. The van der Waals surface area contributed by atoms with Gasteiger partial charge in [-0.25, -0.2) is 0 Å². The van der Waals surface area contributed by atoms with E-state index < -0.39 is 0 Å². The normalized spacial score (nSPS) is 23.4. The summed E-state index contributed by atoms with van der Waals surface area (Å²) in [7, 11) is 0. The standard InChI is InChI=1S/C13H23NO2/c1-2-3-4-7-12(15)10-9-11-6-5-8-13(16)14-11/h9-12,15H,2-8H2,1H3,(H,14,16)/b10-9+. The van der Waals surface area contributed by atoms with E-state index in [0.717, 1.165) is 25.7 Å². The minimum Gasteiger partial charge on any atom is -0.389 e. The van der Waals surface area contributed by atoms with Crippen LogP contribution in [0.25, 0.3) is 0 Å². The van der Waals surface area contributed by atoms with Crippen molar-refractivity contribution in [2.45, 2.75) is 64.0 Å². The summed E-state index contributed by atoms with van der Waals surface area (Å²) < 4.78 is 0. The molecule has 16 heavy (non-hydrogen) atoms. The second-order valence-electron chi connectivity index (χ2n) is 4.51. The van der Waals surface area contributed by atoms with E-state index in [2.05, 4.69) is 12.2 Å². The Hall–Kier alpha value is -0.830. The Morgan fingerprint density at radius 2 is 2.38 bits per heavy atom. The maximum atomic E-state index is 11.1. The van der Waals surface area contributed by atoms with Crippen molar-refractivity contribution in [1.29, 1.82) is 0 Å². The topological polar surface area (TPSA) is 49.3 Å². The Bertz CT molecular complexity index is 238. The highest BCUT2D eigenvalue weighted by atomic mass is 16.3. The van der Waals surface area contributed by atoms with E-state index in [0.29, 0.717) is 6.42 Å². The molecule has 0 aromatic carbocycles. The van der Waals surface area contributed by atoms with Crippen LogP contribution >= 0.6 is 0 Å². The van der Waals surface area contributed by atoms with Crippen LogP contribution in [-0.4, -0.2) is 23.2 Å². The van der Waals surface area contributed by atoms with Crippen molar-refractivity contribution < 1.29 is 9.90 Å². The monoisotopic (exact) mass is 225 g/mol. The first-order chi connectivity index (χ1) is 7.72. The first-order valence-electron chi connectivity index (χ1n) is 6.38. The van der Waals surface area contributed by atoms with E-state index >= 15 is 0 Å². The molecule has 2 unspecified atom stereocenters. The van der Waals surface area contributed by atoms with E-state index in [1.54, 1.807) is 0 Å². The number of carbonyl (C=O) groups is 1. The third kappa shape index (κ3) is 5.31. The summed E-state index contributed by atoms with van der Waals surface area (Å²) in [5.41, 5.74) is 0. The summed E-state index contributed by atoms with van der Waals surface area (Å²) in [6.07, 6.45) is 10.2. The molecule has 0 aromatic rings. The Labute approximate surface area is 97.9 Å². The van der Waals surface area contributed by atoms with Crippen molar-refractivity contribution in [3.05, 3.63) is 12.2 Å². The van der Waals surface area contributed by atoms with Crippen LogP contribution in [0.1, 0.15) is 51.9 Å². The third-order valence-corrected chi connectivity index (χ3v) is 2.93. The lowest BCUT2D eigenvalue weighted by Crippen LogP contribution is -2.37. The van der Waals surface area contributed by atoms with Crippen LogP contribution in [0.15, 0.2) is 12.2 Å². The summed E-state index contributed by atoms with van der Waals surface area (Å²) in [5.74, 6) is 0.126. The summed E-state index contributed by atoms with van der Waals surface area (Å²) in [6.45, 7) is 2.15. The zero-order valence-electron chi connectivity index (χ0n) is 10.1. The quantitative estimate of drug-likeness (QED) is 0.537. The number of amides is 1. The molecule has 3 heteroatoms. The van der Waals surface area contributed by atoms with Crippen LogP contribution in [0, 0.1) is 0 Å². The molecule has 1 fully saturated rings. The number of aliphatic hydroxyl groups is 1. The Morgan fingerprint density at radius 1 is 1.56 bits per heavy atom. The van der Waals surface area contributed by atoms with Crippen molar-refractivity contribution in [3.63, 3.8) is 0 Å². The summed E-state index contributed by atoms with van der Waals surface area (Å²) in [6, 6.07) is 0.127. The number of hydrogen-bond acceptors (Lipinski definition) is 2. The number of piperidine rings is 1. The fourth-order valence-corrected chi connectivity index (χ4v) is 1.94. The highest BCUT2D eigenvalue weighted by Gasteiger charge is 2.15. The Morgan fingerprint density at radius 3 is 3.06 bits per heavy atom. The molecule has 0 radical (unpaired) electrons. The molecule has 2 N–H and O–H groups in total. The van der Waals surface area contributed by atoms with Crippen LogP contribution in [0.3, 0.4) is 0 Å². The molecule has 1 rings (SSSR count). The molecule has 1 heterocycles. The lowest BCUT2D eigenvalue weighted by Gasteiger charge is -2.20. The van der Waals surface area contributed by atoms with Crippen molar-refractivity contribution in [2.24, 2.45) is 0 Å². The minimum absolute atomic E-state index is 0.126. The van der Waals surface area contributed by atoms with E-state index in [1.165, 1.54) is 12.8 Å². The van der Waals surface area contributed by atoms with Gasteiger partial charge in [-0.2, -0.15) is 0 Å². The van der Waals surface area contributed by atoms with Gasteiger partial charge in [-0.3, -0.25) is 4.79 Å². The average Bonchev–Trinajstić information content (AvgIpc) is 2.27. The van der Waals surface area contributed by atoms with Gasteiger partial charge in [0.1, 0.15) is 0 Å². The fraction of sp³-hybridized carbons (Fsp3) is 0.769. The van der Waals surface area contributed by atoms with Gasteiger partial charge in [-0.15, -0.1) is 0 Å². The van der Waals surface area contributed by atoms with Crippen LogP contribution in [0.4, 0.5) is 0 Å². The lowest BCUT2D eigenvalue weighted by molar-refractivity contribution is -0.122. The predicted molar refractivity (Wildman–Crippen MR) is 65.1 cm³/mol. The highest BCUT2D eigenvalue weighted by molar-refractivity contribution is 5.77. The maximum absolute atomic E-state index is 11.1. The molecule has 0 spiro atoms. The van der Waals surface area contributed by atoms with E-state index in [9.17, 15) is 9.90 Å². The molecule has 3 nitrogen and oxygen atoms in total. The predicted octanol–water partition coefficient (Wildman–Crippen LogP) is 2.15. The number of unbranched alkanes of at least 4 members (excludes halogenated alkanes) is 2. The molecule has 1 aliphatic heterocycles. The lowest BCUT2D eigenvalue weighted by atomic mass is 10.0. The third-order valence-electron chi connectivity index (χ3n) is 2.93. The van der Waals surface area contributed by atoms with Gasteiger partial charge in [0.15, 0.2) is 0 Å². The number of carbonyl (C=O) groups excluding carboxylic acids is 1. The molecule has 92 valence electrons. The van der Waals surface area contributed by atoms with Crippen molar-refractivity contribution >= 4 is 5.91 Å². The van der Waals surface area contributed by atoms with E-state index in [4.69, 9.17) is 0 Å². The van der Waals surface area contributed by atoms with Gasteiger partial charge in [-0.1, -0.05) is 38.3 Å². The van der Waals surface area contributed by atoms with Gasteiger partial charge in [-0.05, 0) is 19.3 Å². The van der Waals surface area contributed by atoms with Crippen molar-refractivity contribution in [3.8, 4) is 0 Å². The largest absolute Gasteiger partial charge is 0.389 e. The highest BCUT2D eigenvalue weighted by Crippen LogP contribution is 2.10. The number of nitrogens with one attached hydrogen (secondary N) is 1. The van der Waals surface area contributed by atoms with Crippen molar-refractivity contribution in [1.82, 2.24) is 5.32 Å². The molecular weight excluding hydrogens is 202 g/mol. The van der Waals surface area contributed by atoms with Crippen molar-refractivity contribution in [2.75, 3.05) is 0 Å². The molecule has 1 saturated heterocycles. The molecule has 1 aliphatic rings. The molecule has 0 aliphatic carbocycles. The number of hydrogen-bond donors (Lipinski definition) is 2. The second kappa shape index (κ2) is 7.44. The zero-order valence-corrected chi connectivity index (χ0v) is 10.1. The molecule has 1 amide bonds. The SMILES string of the molecule is CCCCCC(O)/C=C/C1CCCC(=O)N1. The summed E-state index contributed by atoms with van der Waals surface area (Å²) in [5, 5.41) is 12.6. The fourth-order valence-electron chi connectivity index (χ4n) is 1.94. The first-order valence-corrected chi connectivity index (χ1v) is 6.38. The van der Waals surface area contributed by atoms with Crippen LogP contribution < -0.4 is 5.32 Å². The second-order valence-corrected chi connectivity index (χ2v) is 4.51.